The third kappa shape index (κ3) is 3.07. The van der Waals surface area contributed by atoms with Crippen LogP contribution in [0.4, 0.5) is 16.4 Å². The summed E-state index contributed by atoms with van der Waals surface area (Å²) >= 11 is 3.38. The SMILES string of the molecule is Cc1ccc(NC(=O)Nc2ccno2)c(Br)c1. The molecule has 0 atom stereocenters. The van der Waals surface area contributed by atoms with E-state index in [2.05, 4.69) is 31.7 Å². The first-order valence-electron chi connectivity index (χ1n) is 4.90. The zero-order chi connectivity index (χ0) is 12.3. The molecular weight excluding hydrogens is 286 g/mol. The molecular formula is C11H10BrN3O2. The number of urea groups is 1. The average Bonchev–Trinajstić information content (AvgIpc) is 2.75. The van der Waals surface area contributed by atoms with Crippen molar-refractivity contribution in [3.63, 3.8) is 0 Å². The zero-order valence-corrected chi connectivity index (χ0v) is 10.6. The van der Waals surface area contributed by atoms with Crippen LogP contribution in [-0.4, -0.2) is 11.2 Å². The van der Waals surface area contributed by atoms with Crippen LogP contribution >= 0.6 is 15.9 Å². The van der Waals surface area contributed by atoms with Gasteiger partial charge in [0.1, 0.15) is 0 Å². The first-order valence-corrected chi connectivity index (χ1v) is 5.69. The van der Waals surface area contributed by atoms with E-state index >= 15 is 0 Å². The van der Waals surface area contributed by atoms with Crippen LogP contribution in [0.1, 0.15) is 5.56 Å². The van der Waals surface area contributed by atoms with E-state index in [1.54, 1.807) is 6.07 Å². The van der Waals surface area contributed by atoms with Crippen LogP contribution in [0.2, 0.25) is 0 Å². The van der Waals surface area contributed by atoms with Crippen LogP contribution in [0.25, 0.3) is 0 Å². The smallest absolute Gasteiger partial charge is 0.326 e. The quantitative estimate of drug-likeness (QED) is 0.892. The van der Waals surface area contributed by atoms with Gasteiger partial charge < -0.3 is 9.84 Å². The fourth-order valence-electron chi connectivity index (χ4n) is 1.27. The molecule has 1 heterocycles. The van der Waals surface area contributed by atoms with Gasteiger partial charge in [0, 0.05) is 10.5 Å². The summed E-state index contributed by atoms with van der Waals surface area (Å²) in [4.78, 5) is 11.6. The maximum absolute atomic E-state index is 11.6. The Kier molecular flexibility index (Phi) is 3.43. The molecule has 2 N–H and O–H groups in total. The lowest BCUT2D eigenvalue weighted by Crippen LogP contribution is -2.19. The van der Waals surface area contributed by atoms with Crippen molar-refractivity contribution in [1.82, 2.24) is 5.16 Å². The number of nitrogens with zero attached hydrogens (tertiary/aromatic N) is 1. The van der Waals surface area contributed by atoms with Crippen molar-refractivity contribution in [1.29, 1.82) is 0 Å². The second kappa shape index (κ2) is 5.01. The van der Waals surface area contributed by atoms with Gasteiger partial charge in [0.05, 0.1) is 11.9 Å². The maximum atomic E-state index is 11.6. The number of nitrogens with one attached hydrogen (secondary N) is 2. The van der Waals surface area contributed by atoms with E-state index in [1.165, 1.54) is 6.20 Å². The Morgan fingerprint density at radius 3 is 2.82 bits per heavy atom. The summed E-state index contributed by atoms with van der Waals surface area (Å²) < 4.78 is 5.58. The standard InChI is InChI=1S/C11H10BrN3O2/c1-7-2-3-9(8(12)6-7)14-11(16)15-10-4-5-13-17-10/h2-6H,1H3,(H2,14,15,16). The molecule has 2 amide bonds. The molecule has 5 nitrogen and oxygen atoms in total. The van der Waals surface area contributed by atoms with Crippen molar-refractivity contribution >= 4 is 33.5 Å². The highest BCUT2D eigenvalue weighted by Crippen LogP contribution is 2.23. The summed E-state index contributed by atoms with van der Waals surface area (Å²) in [6.07, 6.45) is 1.46. The molecule has 2 aromatic rings. The molecule has 0 saturated heterocycles. The van der Waals surface area contributed by atoms with E-state index in [0.29, 0.717) is 11.6 Å². The Hall–Kier alpha value is -1.82. The number of rotatable bonds is 2. The fourth-order valence-corrected chi connectivity index (χ4v) is 1.86. The number of halogens is 1. The van der Waals surface area contributed by atoms with E-state index in [1.807, 2.05) is 25.1 Å². The second-order valence-corrected chi connectivity index (χ2v) is 4.29. The summed E-state index contributed by atoms with van der Waals surface area (Å²) in [7, 11) is 0. The number of carbonyl (C=O) groups is 1. The van der Waals surface area contributed by atoms with Crippen LogP contribution in [0.5, 0.6) is 0 Å². The summed E-state index contributed by atoms with van der Waals surface area (Å²) in [5, 5.41) is 8.69. The second-order valence-electron chi connectivity index (χ2n) is 3.44. The number of aromatic nitrogens is 1. The van der Waals surface area contributed by atoms with Crippen LogP contribution < -0.4 is 10.6 Å². The molecule has 2 rings (SSSR count). The number of aryl methyl sites for hydroxylation is 1. The Morgan fingerprint density at radius 2 is 2.18 bits per heavy atom. The van der Waals surface area contributed by atoms with Gasteiger partial charge in [0.15, 0.2) is 0 Å². The minimum absolute atomic E-state index is 0.297. The summed E-state index contributed by atoms with van der Waals surface area (Å²) in [6.45, 7) is 1.98. The molecule has 0 fully saturated rings. The minimum Gasteiger partial charge on any atom is -0.338 e. The molecule has 0 aliphatic heterocycles. The van der Waals surface area contributed by atoms with Gasteiger partial charge >= 0.3 is 6.03 Å². The van der Waals surface area contributed by atoms with Gasteiger partial charge in [-0.05, 0) is 40.5 Å². The number of hydrogen-bond donors (Lipinski definition) is 2. The third-order valence-corrected chi connectivity index (χ3v) is 2.70. The molecule has 0 bridgehead atoms. The molecule has 0 radical (unpaired) electrons. The minimum atomic E-state index is -0.383. The van der Waals surface area contributed by atoms with E-state index in [9.17, 15) is 4.79 Å². The summed E-state index contributed by atoms with van der Waals surface area (Å²) in [6, 6.07) is 6.83. The Morgan fingerprint density at radius 1 is 1.35 bits per heavy atom. The molecule has 1 aromatic heterocycles. The normalized spacial score (nSPS) is 10.0. The lowest BCUT2D eigenvalue weighted by atomic mass is 10.2. The van der Waals surface area contributed by atoms with Crippen molar-refractivity contribution in [2.24, 2.45) is 0 Å². The van der Waals surface area contributed by atoms with Gasteiger partial charge in [-0.15, -0.1) is 0 Å². The first-order chi connectivity index (χ1) is 8.15. The number of carbonyl (C=O) groups excluding carboxylic acids is 1. The largest absolute Gasteiger partial charge is 0.338 e. The molecule has 0 spiro atoms. The number of benzene rings is 1. The van der Waals surface area contributed by atoms with Gasteiger partial charge in [-0.2, -0.15) is 0 Å². The highest BCUT2D eigenvalue weighted by molar-refractivity contribution is 9.10. The van der Waals surface area contributed by atoms with E-state index in [0.717, 1.165) is 10.0 Å². The van der Waals surface area contributed by atoms with Crippen molar-refractivity contribution in [2.45, 2.75) is 6.92 Å². The topological polar surface area (TPSA) is 67.2 Å². The summed E-state index contributed by atoms with van der Waals surface area (Å²) in [5.41, 5.74) is 1.80. The van der Waals surface area contributed by atoms with Crippen LogP contribution in [0, 0.1) is 6.92 Å². The lowest BCUT2D eigenvalue weighted by molar-refractivity contribution is 0.261. The Balaban J connectivity index is 2.03. The van der Waals surface area contributed by atoms with Crippen molar-refractivity contribution in [2.75, 3.05) is 10.6 Å². The van der Waals surface area contributed by atoms with Crippen molar-refractivity contribution in [3.05, 3.63) is 40.5 Å². The van der Waals surface area contributed by atoms with Crippen molar-refractivity contribution < 1.29 is 9.32 Å². The molecule has 17 heavy (non-hydrogen) atoms. The van der Waals surface area contributed by atoms with Crippen LogP contribution in [0.15, 0.2) is 39.5 Å². The number of hydrogen-bond acceptors (Lipinski definition) is 3. The maximum Gasteiger partial charge on any atom is 0.326 e. The van der Waals surface area contributed by atoms with Crippen LogP contribution in [0.3, 0.4) is 0 Å². The highest BCUT2D eigenvalue weighted by atomic mass is 79.9. The monoisotopic (exact) mass is 295 g/mol. The van der Waals surface area contributed by atoms with Gasteiger partial charge in [-0.1, -0.05) is 11.2 Å². The molecule has 0 aliphatic rings. The van der Waals surface area contributed by atoms with Gasteiger partial charge in [0.25, 0.3) is 0 Å². The van der Waals surface area contributed by atoms with E-state index in [4.69, 9.17) is 4.52 Å². The third-order valence-electron chi connectivity index (χ3n) is 2.05. The van der Waals surface area contributed by atoms with Gasteiger partial charge in [0.2, 0.25) is 5.88 Å². The van der Waals surface area contributed by atoms with E-state index in [-0.39, 0.29) is 6.03 Å². The molecule has 0 unspecified atom stereocenters. The zero-order valence-electron chi connectivity index (χ0n) is 9.03. The predicted molar refractivity (Wildman–Crippen MR) is 68.0 cm³/mol. The van der Waals surface area contributed by atoms with Crippen LogP contribution in [-0.2, 0) is 0 Å². The Labute approximate surface area is 106 Å². The van der Waals surface area contributed by atoms with Gasteiger partial charge in [-0.25, -0.2) is 4.79 Å². The molecule has 0 aliphatic carbocycles. The summed E-state index contributed by atoms with van der Waals surface area (Å²) in [5.74, 6) is 0.297. The number of amides is 2. The Bertz CT molecular complexity index is 526. The molecule has 88 valence electrons. The van der Waals surface area contributed by atoms with Crippen molar-refractivity contribution in [3.8, 4) is 0 Å². The number of anilines is 2. The molecule has 6 heteroatoms. The molecule has 0 saturated carbocycles. The fraction of sp³-hybridized carbons (Fsp3) is 0.0909. The lowest BCUT2D eigenvalue weighted by Gasteiger charge is -2.07. The van der Waals surface area contributed by atoms with Gasteiger partial charge in [-0.3, -0.25) is 5.32 Å². The van der Waals surface area contributed by atoms with E-state index < -0.39 is 0 Å². The highest BCUT2D eigenvalue weighted by Gasteiger charge is 2.07. The average molecular weight is 296 g/mol. The predicted octanol–water partition coefficient (Wildman–Crippen LogP) is 3.39. The first kappa shape index (κ1) is 11.7. The molecule has 1 aromatic carbocycles.